The highest BCUT2D eigenvalue weighted by atomic mass is 16.5. The molecular weight excluding hydrogens is 266 g/mol. The number of ether oxygens (including phenoxy) is 1. The summed E-state index contributed by atoms with van der Waals surface area (Å²) < 4.78 is 5.14. The lowest BCUT2D eigenvalue weighted by atomic mass is 9.65. The van der Waals surface area contributed by atoms with Gasteiger partial charge in [0.2, 0.25) is 5.78 Å². The van der Waals surface area contributed by atoms with Gasteiger partial charge in [-0.15, -0.1) is 0 Å². The third-order valence-electron chi connectivity index (χ3n) is 5.38. The Morgan fingerprint density at radius 2 is 1.90 bits per heavy atom. The van der Waals surface area contributed by atoms with Gasteiger partial charge < -0.3 is 9.64 Å². The molecule has 2 fully saturated rings. The quantitative estimate of drug-likeness (QED) is 0.799. The van der Waals surface area contributed by atoms with Gasteiger partial charge in [0.15, 0.2) is 11.5 Å². The summed E-state index contributed by atoms with van der Waals surface area (Å²) in [4.78, 5) is 27.4. The van der Waals surface area contributed by atoms with Crippen molar-refractivity contribution in [3.63, 3.8) is 0 Å². The number of piperidine rings is 1. The van der Waals surface area contributed by atoms with Gasteiger partial charge in [0.25, 0.3) is 0 Å². The lowest BCUT2D eigenvalue weighted by molar-refractivity contribution is -0.136. The second-order valence-corrected chi connectivity index (χ2v) is 6.66. The van der Waals surface area contributed by atoms with E-state index in [9.17, 15) is 9.59 Å². The number of fused-ring (bicyclic) bond motifs is 1. The minimum atomic E-state index is -0.145. The fourth-order valence-corrected chi connectivity index (χ4v) is 4.31. The van der Waals surface area contributed by atoms with Crippen molar-refractivity contribution in [3.05, 3.63) is 11.8 Å². The third kappa shape index (κ3) is 2.91. The second kappa shape index (κ2) is 6.30. The van der Waals surface area contributed by atoms with Gasteiger partial charge in [-0.05, 0) is 44.7 Å². The molecule has 0 N–H and O–H groups in total. The molecule has 1 heterocycles. The summed E-state index contributed by atoms with van der Waals surface area (Å²) >= 11 is 0. The van der Waals surface area contributed by atoms with Gasteiger partial charge in [-0.3, -0.25) is 9.59 Å². The number of allylic oxidation sites excluding steroid dienone is 2. The number of carbonyl (C=O) groups is 2. The molecule has 3 rings (SSSR count). The summed E-state index contributed by atoms with van der Waals surface area (Å²) in [7, 11) is 1.49. The molecule has 0 bridgehead atoms. The van der Waals surface area contributed by atoms with Crippen LogP contribution < -0.4 is 0 Å². The molecule has 4 nitrogen and oxygen atoms in total. The van der Waals surface area contributed by atoms with Crippen molar-refractivity contribution in [1.82, 2.24) is 4.90 Å². The molecule has 3 aliphatic rings. The summed E-state index contributed by atoms with van der Waals surface area (Å²) in [5.41, 5.74) is 0. The highest BCUT2D eigenvalue weighted by Crippen LogP contribution is 2.41. The molecule has 0 radical (unpaired) electrons. The smallest absolute Gasteiger partial charge is 0.201 e. The first-order valence-electron chi connectivity index (χ1n) is 8.27. The molecule has 0 aromatic rings. The van der Waals surface area contributed by atoms with Gasteiger partial charge in [0.1, 0.15) is 0 Å². The Kier molecular flexibility index (Phi) is 4.43. The van der Waals surface area contributed by atoms with Crippen LogP contribution in [0.25, 0.3) is 0 Å². The normalized spacial score (nSPS) is 34.3. The van der Waals surface area contributed by atoms with E-state index in [1.807, 2.05) is 0 Å². The molecule has 1 saturated heterocycles. The van der Waals surface area contributed by atoms with Crippen molar-refractivity contribution in [2.45, 2.75) is 38.5 Å². The minimum absolute atomic E-state index is 0.0591. The molecule has 0 amide bonds. The van der Waals surface area contributed by atoms with Crippen LogP contribution >= 0.6 is 0 Å². The van der Waals surface area contributed by atoms with E-state index in [1.165, 1.54) is 32.4 Å². The van der Waals surface area contributed by atoms with Crippen LogP contribution in [0.2, 0.25) is 0 Å². The van der Waals surface area contributed by atoms with E-state index < -0.39 is 0 Å². The van der Waals surface area contributed by atoms with Crippen molar-refractivity contribution < 1.29 is 14.3 Å². The van der Waals surface area contributed by atoms with Crippen molar-refractivity contribution in [2.75, 3.05) is 26.7 Å². The van der Waals surface area contributed by atoms with Crippen LogP contribution in [0.5, 0.6) is 0 Å². The Balaban J connectivity index is 1.76. The van der Waals surface area contributed by atoms with Gasteiger partial charge >= 0.3 is 0 Å². The highest BCUT2D eigenvalue weighted by Gasteiger charge is 2.46. The lowest BCUT2D eigenvalue weighted by Crippen LogP contribution is -2.47. The predicted octanol–water partition coefficient (Wildman–Crippen LogP) is 2.19. The van der Waals surface area contributed by atoms with E-state index in [0.717, 1.165) is 38.9 Å². The standard InChI is InChI=1S/C17H25NO3/c1-21-15-10-14(19)13-7-5-6-12(16(13)17(15)20)11-18-8-3-2-4-9-18/h10,12-13,16H,2-9,11H2,1H3. The van der Waals surface area contributed by atoms with Gasteiger partial charge in [-0.25, -0.2) is 0 Å². The molecule has 0 aromatic carbocycles. The van der Waals surface area contributed by atoms with Crippen LogP contribution in [0.15, 0.2) is 11.8 Å². The summed E-state index contributed by atoms with van der Waals surface area (Å²) in [6.45, 7) is 3.25. The van der Waals surface area contributed by atoms with Gasteiger partial charge in [0.05, 0.1) is 7.11 Å². The Bertz CT molecular complexity index is 451. The van der Waals surface area contributed by atoms with Crippen LogP contribution in [0.4, 0.5) is 0 Å². The average molecular weight is 291 g/mol. The molecule has 0 aromatic heterocycles. The van der Waals surface area contributed by atoms with Crippen LogP contribution in [0.3, 0.4) is 0 Å². The SMILES string of the molecule is COC1=CC(=O)C2CCCC(CN3CCCCC3)C2C1=O. The van der Waals surface area contributed by atoms with E-state index in [-0.39, 0.29) is 29.2 Å². The topological polar surface area (TPSA) is 46.6 Å². The zero-order chi connectivity index (χ0) is 14.8. The third-order valence-corrected chi connectivity index (χ3v) is 5.38. The van der Waals surface area contributed by atoms with Crippen LogP contribution in [0, 0.1) is 17.8 Å². The molecule has 1 saturated carbocycles. The number of rotatable bonds is 3. The molecule has 3 atom stereocenters. The molecule has 116 valence electrons. The Hall–Kier alpha value is -1.16. The fraction of sp³-hybridized carbons (Fsp3) is 0.765. The number of carbonyl (C=O) groups excluding carboxylic acids is 2. The first kappa shape index (κ1) is 14.8. The first-order valence-corrected chi connectivity index (χ1v) is 8.27. The zero-order valence-electron chi connectivity index (χ0n) is 12.8. The van der Waals surface area contributed by atoms with E-state index in [2.05, 4.69) is 4.90 Å². The monoisotopic (exact) mass is 291 g/mol. The Morgan fingerprint density at radius 1 is 1.14 bits per heavy atom. The molecule has 2 aliphatic carbocycles. The summed E-state index contributed by atoms with van der Waals surface area (Å²) in [6.07, 6.45) is 8.25. The average Bonchev–Trinajstić information content (AvgIpc) is 2.52. The Labute approximate surface area is 126 Å². The highest BCUT2D eigenvalue weighted by molar-refractivity contribution is 6.09. The van der Waals surface area contributed by atoms with Crippen LogP contribution in [0.1, 0.15) is 38.5 Å². The van der Waals surface area contributed by atoms with Crippen LogP contribution in [-0.4, -0.2) is 43.2 Å². The molecule has 0 spiro atoms. The van der Waals surface area contributed by atoms with Gasteiger partial charge in [-0.2, -0.15) is 0 Å². The number of ketones is 2. The van der Waals surface area contributed by atoms with Gasteiger partial charge in [-0.1, -0.05) is 12.8 Å². The van der Waals surface area contributed by atoms with E-state index >= 15 is 0 Å². The molecule has 3 unspecified atom stereocenters. The number of methoxy groups -OCH3 is 1. The van der Waals surface area contributed by atoms with Crippen LogP contribution in [-0.2, 0) is 14.3 Å². The van der Waals surface area contributed by atoms with Crippen molar-refractivity contribution >= 4 is 11.6 Å². The van der Waals surface area contributed by atoms with Crippen molar-refractivity contribution in [3.8, 4) is 0 Å². The first-order chi connectivity index (χ1) is 10.2. The Morgan fingerprint density at radius 3 is 2.62 bits per heavy atom. The zero-order valence-corrected chi connectivity index (χ0v) is 12.8. The second-order valence-electron chi connectivity index (χ2n) is 6.66. The maximum absolute atomic E-state index is 12.6. The lowest BCUT2D eigenvalue weighted by Gasteiger charge is -2.41. The molecular formula is C17H25NO3. The van der Waals surface area contributed by atoms with E-state index in [1.54, 1.807) is 0 Å². The van der Waals surface area contributed by atoms with E-state index in [0.29, 0.717) is 5.92 Å². The summed E-state index contributed by atoms with van der Waals surface area (Å²) in [6, 6.07) is 0. The predicted molar refractivity (Wildman–Crippen MR) is 79.7 cm³/mol. The maximum atomic E-state index is 12.6. The molecule has 21 heavy (non-hydrogen) atoms. The van der Waals surface area contributed by atoms with E-state index in [4.69, 9.17) is 4.74 Å². The van der Waals surface area contributed by atoms with Gasteiger partial charge in [0, 0.05) is 24.5 Å². The number of likely N-dealkylation sites (tertiary alicyclic amines) is 1. The fourth-order valence-electron chi connectivity index (χ4n) is 4.31. The largest absolute Gasteiger partial charge is 0.493 e. The number of nitrogens with zero attached hydrogens (tertiary/aromatic N) is 1. The summed E-state index contributed by atoms with van der Waals surface area (Å²) in [5, 5.41) is 0. The number of hydrogen-bond acceptors (Lipinski definition) is 4. The summed E-state index contributed by atoms with van der Waals surface area (Å²) in [5.74, 6) is 0.501. The number of Topliss-reactive ketones (excluding diaryl/α,β-unsaturated/α-hetero) is 1. The molecule has 4 heteroatoms. The molecule has 1 aliphatic heterocycles. The number of hydrogen-bond donors (Lipinski definition) is 0. The van der Waals surface area contributed by atoms with Crippen molar-refractivity contribution in [2.24, 2.45) is 17.8 Å². The van der Waals surface area contributed by atoms with Crippen molar-refractivity contribution in [1.29, 1.82) is 0 Å². The minimum Gasteiger partial charge on any atom is -0.493 e. The maximum Gasteiger partial charge on any atom is 0.201 e.